The van der Waals surface area contributed by atoms with Crippen molar-refractivity contribution < 1.29 is 13.2 Å². The van der Waals surface area contributed by atoms with Crippen LogP contribution in [0.1, 0.15) is 19.4 Å². The number of aryl methyl sites for hydroxylation is 1. The first-order valence-corrected chi connectivity index (χ1v) is 10.7. The lowest BCUT2D eigenvalue weighted by atomic mass is 10.2. The number of carbonyl (C=O) groups excluding carboxylic acids is 1. The van der Waals surface area contributed by atoms with E-state index in [2.05, 4.69) is 5.32 Å². The highest BCUT2D eigenvalue weighted by atomic mass is 32.2. The Bertz CT molecular complexity index is 729. The predicted molar refractivity (Wildman–Crippen MR) is 109 cm³/mol. The molecule has 1 aromatic rings. The second-order valence-electron chi connectivity index (χ2n) is 5.54. The standard InChI is InChI=1S/C16H25N3O3S3/c1-6-19(7-2)16(23)24-11-15(20)17-14-10-13(9-8-12(14)3)25(21,22)18(4)5/h8-10H,6-7,11H2,1-5H3,(H,17,20). The first-order chi connectivity index (χ1) is 11.6. The fourth-order valence-corrected chi connectivity index (χ4v) is 4.12. The van der Waals surface area contributed by atoms with Gasteiger partial charge in [0, 0.05) is 32.9 Å². The van der Waals surface area contributed by atoms with E-state index < -0.39 is 10.0 Å². The molecule has 0 saturated heterocycles. The van der Waals surface area contributed by atoms with Gasteiger partial charge in [0.25, 0.3) is 0 Å². The molecule has 1 amide bonds. The monoisotopic (exact) mass is 403 g/mol. The molecule has 25 heavy (non-hydrogen) atoms. The molecule has 0 heterocycles. The lowest BCUT2D eigenvalue weighted by molar-refractivity contribution is -0.113. The number of rotatable bonds is 7. The first-order valence-electron chi connectivity index (χ1n) is 7.88. The van der Waals surface area contributed by atoms with Crippen LogP contribution in [0.25, 0.3) is 0 Å². The van der Waals surface area contributed by atoms with Gasteiger partial charge in [0.1, 0.15) is 4.32 Å². The minimum absolute atomic E-state index is 0.143. The van der Waals surface area contributed by atoms with Gasteiger partial charge in [-0.15, -0.1) is 0 Å². The summed E-state index contributed by atoms with van der Waals surface area (Å²) >= 11 is 6.61. The minimum Gasteiger partial charge on any atom is -0.358 e. The molecule has 0 bridgehead atoms. The molecule has 0 aliphatic rings. The van der Waals surface area contributed by atoms with E-state index in [1.807, 2.05) is 25.7 Å². The average Bonchev–Trinajstić information content (AvgIpc) is 2.55. The van der Waals surface area contributed by atoms with E-state index in [1.165, 1.54) is 38.0 Å². The molecule has 9 heteroatoms. The van der Waals surface area contributed by atoms with Crippen molar-refractivity contribution in [3.8, 4) is 0 Å². The number of carbonyl (C=O) groups is 1. The summed E-state index contributed by atoms with van der Waals surface area (Å²) in [7, 11) is -0.605. The molecule has 0 aliphatic heterocycles. The summed E-state index contributed by atoms with van der Waals surface area (Å²) in [6.07, 6.45) is 0. The summed E-state index contributed by atoms with van der Waals surface area (Å²) < 4.78 is 26.3. The Balaban J connectivity index is 2.83. The zero-order valence-corrected chi connectivity index (χ0v) is 17.6. The van der Waals surface area contributed by atoms with Crippen molar-refractivity contribution in [1.82, 2.24) is 9.21 Å². The Labute approximate surface area is 160 Å². The number of thioether (sulfide) groups is 1. The summed E-state index contributed by atoms with van der Waals surface area (Å²) in [6, 6.07) is 4.69. The van der Waals surface area contributed by atoms with Crippen molar-refractivity contribution in [3.05, 3.63) is 23.8 Å². The normalized spacial score (nSPS) is 11.4. The van der Waals surface area contributed by atoms with Crippen LogP contribution in [0.5, 0.6) is 0 Å². The van der Waals surface area contributed by atoms with Crippen molar-refractivity contribution in [2.45, 2.75) is 25.7 Å². The lowest BCUT2D eigenvalue weighted by Crippen LogP contribution is -2.28. The number of benzene rings is 1. The van der Waals surface area contributed by atoms with Crippen molar-refractivity contribution in [2.24, 2.45) is 0 Å². The molecule has 1 rings (SSSR count). The number of hydrogen-bond acceptors (Lipinski definition) is 5. The van der Waals surface area contributed by atoms with E-state index in [4.69, 9.17) is 12.2 Å². The van der Waals surface area contributed by atoms with Crippen LogP contribution in [0.15, 0.2) is 23.1 Å². The highest BCUT2D eigenvalue weighted by Gasteiger charge is 2.19. The number of nitrogens with one attached hydrogen (secondary N) is 1. The van der Waals surface area contributed by atoms with Gasteiger partial charge in [-0.3, -0.25) is 4.79 Å². The lowest BCUT2D eigenvalue weighted by Gasteiger charge is -2.20. The maximum atomic E-state index is 12.2. The molecule has 0 fully saturated rings. The minimum atomic E-state index is -3.55. The van der Waals surface area contributed by atoms with E-state index in [0.717, 1.165) is 23.0 Å². The van der Waals surface area contributed by atoms with Crippen LogP contribution in [0.4, 0.5) is 5.69 Å². The maximum absolute atomic E-state index is 12.2. The topological polar surface area (TPSA) is 69.7 Å². The SMILES string of the molecule is CCN(CC)C(=S)SCC(=O)Nc1cc(S(=O)(=O)N(C)C)ccc1C. The molecule has 1 aromatic carbocycles. The van der Waals surface area contributed by atoms with Gasteiger partial charge in [-0.25, -0.2) is 12.7 Å². The molecule has 0 aromatic heterocycles. The van der Waals surface area contributed by atoms with Crippen LogP contribution in [0, 0.1) is 6.92 Å². The summed E-state index contributed by atoms with van der Waals surface area (Å²) in [6.45, 7) is 7.43. The molecule has 1 N–H and O–H groups in total. The number of nitrogens with zero attached hydrogens (tertiary/aromatic N) is 2. The number of thiocarbonyl (C=S) groups is 1. The van der Waals surface area contributed by atoms with E-state index in [9.17, 15) is 13.2 Å². The molecule has 0 unspecified atom stereocenters. The Morgan fingerprint density at radius 1 is 1.24 bits per heavy atom. The van der Waals surface area contributed by atoms with Crippen molar-refractivity contribution in [3.63, 3.8) is 0 Å². The van der Waals surface area contributed by atoms with Crippen LogP contribution in [0.3, 0.4) is 0 Å². The molecular weight excluding hydrogens is 378 g/mol. The van der Waals surface area contributed by atoms with E-state index >= 15 is 0 Å². The van der Waals surface area contributed by atoms with Gasteiger partial charge in [0.15, 0.2) is 0 Å². The second-order valence-corrected chi connectivity index (χ2v) is 9.30. The van der Waals surface area contributed by atoms with Crippen LogP contribution in [0.2, 0.25) is 0 Å². The van der Waals surface area contributed by atoms with Crippen LogP contribution in [-0.2, 0) is 14.8 Å². The molecule has 0 saturated carbocycles. The Kier molecular flexibility index (Phi) is 8.33. The van der Waals surface area contributed by atoms with E-state index in [-0.39, 0.29) is 16.6 Å². The fraction of sp³-hybridized carbons (Fsp3) is 0.500. The number of hydrogen-bond donors (Lipinski definition) is 1. The Hall–Kier alpha value is -1.16. The van der Waals surface area contributed by atoms with Crippen LogP contribution < -0.4 is 5.32 Å². The smallest absolute Gasteiger partial charge is 0.242 e. The quantitative estimate of drug-likeness (QED) is 0.706. The van der Waals surface area contributed by atoms with Gasteiger partial charge in [-0.2, -0.15) is 0 Å². The molecule has 0 atom stereocenters. The van der Waals surface area contributed by atoms with Gasteiger partial charge < -0.3 is 10.2 Å². The summed E-state index contributed by atoms with van der Waals surface area (Å²) in [5, 5.41) is 2.77. The third-order valence-electron chi connectivity index (χ3n) is 3.61. The fourth-order valence-electron chi connectivity index (χ4n) is 1.99. The zero-order chi connectivity index (χ0) is 19.2. The van der Waals surface area contributed by atoms with Crippen molar-refractivity contribution in [1.29, 1.82) is 0 Å². The van der Waals surface area contributed by atoms with Gasteiger partial charge in [0.2, 0.25) is 15.9 Å². The average molecular weight is 404 g/mol. The molecule has 6 nitrogen and oxygen atoms in total. The molecule has 0 radical (unpaired) electrons. The summed E-state index contributed by atoms with van der Waals surface area (Å²) in [5.41, 5.74) is 1.28. The van der Waals surface area contributed by atoms with Gasteiger partial charge in [-0.1, -0.05) is 30.0 Å². The summed E-state index contributed by atoms with van der Waals surface area (Å²) in [4.78, 5) is 14.3. The van der Waals surface area contributed by atoms with Crippen LogP contribution in [-0.4, -0.2) is 60.8 Å². The maximum Gasteiger partial charge on any atom is 0.242 e. The van der Waals surface area contributed by atoms with Gasteiger partial charge >= 0.3 is 0 Å². The van der Waals surface area contributed by atoms with Gasteiger partial charge in [-0.05, 0) is 38.5 Å². The van der Waals surface area contributed by atoms with Crippen molar-refractivity contribution in [2.75, 3.05) is 38.3 Å². The molecule has 0 aliphatic carbocycles. The number of anilines is 1. The highest BCUT2D eigenvalue weighted by Crippen LogP contribution is 2.22. The Morgan fingerprint density at radius 2 is 1.84 bits per heavy atom. The molecular formula is C16H25N3O3S3. The highest BCUT2D eigenvalue weighted by molar-refractivity contribution is 8.23. The zero-order valence-electron chi connectivity index (χ0n) is 15.2. The summed E-state index contributed by atoms with van der Waals surface area (Å²) in [5.74, 6) is -0.0404. The molecule has 0 spiro atoms. The number of sulfonamides is 1. The Morgan fingerprint density at radius 3 is 2.36 bits per heavy atom. The van der Waals surface area contributed by atoms with E-state index in [0.29, 0.717) is 10.0 Å². The second kappa shape index (κ2) is 9.51. The van der Waals surface area contributed by atoms with Crippen LogP contribution >= 0.6 is 24.0 Å². The van der Waals surface area contributed by atoms with E-state index in [1.54, 1.807) is 6.07 Å². The van der Waals surface area contributed by atoms with Gasteiger partial charge in [0.05, 0.1) is 10.6 Å². The number of amides is 1. The van der Waals surface area contributed by atoms with Crippen molar-refractivity contribution >= 4 is 49.9 Å². The third-order valence-corrected chi connectivity index (χ3v) is 6.94. The first kappa shape index (κ1) is 21.9. The predicted octanol–water partition coefficient (Wildman–Crippen LogP) is 2.54. The largest absolute Gasteiger partial charge is 0.358 e. The third kappa shape index (κ3) is 5.95. The molecule has 140 valence electrons.